The molecule has 0 aromatic heterocycles. The maximum atomic E-state index is 13.0. The fourth-order valence-corrected chi connectivity index (χ4v) is 5.84. The van der Waals surface area contributed by atoms with Gasteiger partial charge in [0.25, 0.3) is 0 Å². The van der Waals surface area contributed by atoms with Gasteiger partial charge in [-0.2, -0.15) is 5.26 Å². The summed E-state index contributed by atoms with van der Waals surface area (Å²) in [7, 11) is -3.77. The van der Waals surface area contributed by atoms with Gasteiger partial charge in [0.1, 0.15) is 5.41 Å². The number of benzene rings is 2. The largest absolute Gasteiger partial charge is 0.395 e. The van der Waals surface area contributed by atoms with Crippen molar-refractivity contribution in [1.82, 2.24) is 0 Å². The van der Waals surface area contributed by atoms with E-state index in [4.69, 9.17) is 11.6 Å². The molecule has 1 aliphatic rings. The average molecular weight is 427 g/mol. The van der Waals surface area contributed by atoms with E-state index in [2.05, 4.69) is 15.9 Å². The van der Waals surface area contributed by atoms with Crippen LogP contribution in [0.1, 0.15) is 11.5 Å². The molecule has 1 saturated carbocycles. The summed E-state index contributed by atoms with van der Waals surface area (Å²) in [6.45, 7) is -0.512. The molecule has 0 aliphatic heterocycles. The fraction of sp³-hybridized carbons (Fsp3) is 0.235. The van der Waals surface area contributed by atoms with Crippen LogP contribution < -0.4 is 0 Å². The number of sulfone groups is 1. The predicted octanol–water partition coefficient (Wildman–Crippen LogP) is 3.54. The van der Waals surface area contributed by atoms with Crippen molar-refractivity contribution in [3.8, 4) is 6.07 Å². The molecule has 1 aliphatic carbocycles. The van der Waals surface area contributed by atoms with E-state index >= 15 is 0 Å². The summed E-state index contributed by atoms with van der Waals surface area (Å²) in [6, 6.07) is 15.0. The molecule has 1 fully saturated rings. The van der Waals surface area contributed by atoms with Gasteiger partial charge in [-0.15, -0.1) is 0 Å². The van der Waals surface area contributed by atoms with Crippen molar-refractivity contribution in [2.75, 3.05) is 6.61 Å². The molecule has 24 heavy (non-hydrogen) atoms. The molecule has 2 aromatic carbocycles. The molecule has 0 heterocycles. The minimum absolute atomic E-state index is 0.101. The van der Waals surface area contributed by atoms with Crippen LogP contribution in [0.4, 0.5) is 0 Å². The lowest BCUT2D eigenvalue weighted by molar-refractivity contribution is 0.242. The van der Waals surface area contributed by atoms with Gasteiger partial charge >= 0.3 is 0 Å². The average Bonchev–Trinajstić information content (AvgIpc) is 3.26. The van der Waals surface area contributed by atoms with Gasteiger partial charge in [0.15, 0.2) is 9.84 Å². The van der Waals surface area contributed by atoms with Gasteiger partial charge < -0.3 is 5.11 Å². The molecular formula is C17H13BrClNO3S. The second kappa shape index (κ2) is 6.16. The highest BCUT2D eigenvalue weighted by Gasteiger charge is 2.72. The zero-order valence-corrected chi connectivity index (χ0v) is 15.5. The number of hydrogen-bond acceptors (Lipinski definition) is 4. The molecule has 3 unspecified atom stereocenters. The smallest absolute Gasteiger partial charge is 0.183 e. The summed E-state index contributed by atoms with van der Waals surface area (Å²) < 4.78 is 26.8. The number of aliphatic hydroxyl groups is 1. The number of rotatable bonds is 4. The summed E-state index contributed by atoms with van der Waals surface area (Å²) in [5, 5.41) is 18.8. The highest BCUT2D eigenvalue weighted by Crippen LogP contribution is 2.63. The SMILES string of the molecule is N#CC1(CO)C(c2ccc(Br)cc2)C1S(=O)(=O)c1ccc(Cl)cc1. The van der Waals surface area contributed by atoms with Gasteiger partial charge in [-0.1, -0.05) is 39.7 Å². The molecule has 124 valence electrons. The Bertz CT molecular complexity index is 906. The monoisotopic (exact) mass is 425 g/mol. The van der Waals surface area contributed by atoms with E-state index in [1.807, 2.05) is 6.07 Å². The van der Waals surface area contributed by atoms with E-state index in [1.54, 1.807) is 24.3 Å². The van der Waals surface area contributed by atoms with Crippen LogP contribution in [-0.2, 0) is 9.84 Å². The Morgan fingerprint density at radius 3 is 2.25 bits per heavy atom. The molecule has 0 radical (unpaired) electrons. The molecule has 0 amide bonds. The van der Waals surface area contributed by atoms with Gasteiger partial charge in [0, 0.05) is 15.4 Å². The van der Waals surface area contributed by atoms with E-state index in [0.29, 0.717) is 5.02 Å². The lowest BCUT2D eigenvalue weighted by atomic mass is 10.0. The van der Waals surface area contributed by atoms with Crippen LogP contribution in [0.3, 0.4) is 0 Å². The molecular weight excluding hydrogens is 414 g/mol. The first-order valence-corrected chi connectivity index (χ1v) is 9.85. The molecule has 2 aromatic rings. The first-order chi connectivity index (χ1) is 11.4. The van der Waals surface area contributed by atoms with Crippen molar-refractivity contribution in [1.29, 1.82) is 5.26 Å². The molecule has 3 atom stereocenters. The van der Waals surface area contributed by atoms with Crippen molar-refractivity contribution in [3.63, 3.8) is 0 Å². The van der Waals surface area contributed by atoms with Crippen molar-refractivity contribution in [2.45, 2.75) is 16.1 Å². The number of halogens is 2. The summed E-state index contributed by atoms with van der Waals surface area (Å²) >= 11 is 9.15. The van der Waals surface area contributed by atoms with Crippen molar-refractivity contribution in [3.05, 3.63) is 63.6 Å². The van der Waals surface area contributed by atoms with Gasteiger partial charge in [0.2, 0.25) is 0 Å². The van der Waals surface area contributed by atoms with Gasteiger partial charge in [-0.25, -0.2) is 8.42 Å². The number of hydrogen-bond donors (Lipinski definition) is 1. The van der Waals surface area contributed by atoms with Crippen LogP contribution in [0, 0.1) is 16.7 Å². The van der Waals surface area contributed by atoms with E-state index in [1.165, 1.54) is 24.3 Å². The molecule has 0 saturated heterocycles. The highest BCUT2D eigenvalue weighted by atomic mass is 79.9. The van der Waals surface area contributed by atoms with Gasteiger partial charge in [-0.05, 0) is 42.0 Å². The fourth-order valence-electron chi connectivity index (χ4n) is 3.13. The molecule has 0 spiro atoms. The van der Waals surface area contributed by atoms with Crippen LogP contribution in [-0.4, -0.2) is 25.4 Å². The number of aliphatic hydroxyl groups excluding tert-OH is 1. The summed E-state index contributed by atoms with van der Waals surface area (Å²) in [6.07, 6.45) is 0. The van der Waals surface area contributed by atoms with E-state index in [-0.39, 0.29) is 4.90 Å². The zero-order valence-electron chi connectivity index (χ0n) is 12.4. The normalized spacial score (nSPS) is 25.9. The maximum Gasteiger partial charge on any atom is 0.183 e. The third kappa shape index (κ3) is 2.66. The van der Waals surface area contributed by atoms with E-state index < -0.39 is 33.0 Å². The first-order valence-electron chi connectivity index (χ1n) is 7.14. The minimum atomic E-state index is -3.77. The molecule has 7 heteroatoms. The Kier molecular flexibility index (Phi) is 4.47. The number of nitriles is 1. The third-order valence-corrected chi connectivity index (χ3v) is 7.50. The highest BCUT2D eigenvalue weighted by molar-refractivity contribution is 9.10. The Morgan fingerprint density at radius 2 is 1.75 bits per heavy atom. The van der Waals surface area contributed by atoms with Crippen molar-refractivity contribution >= 4 is 37.4 Å². The second-order valence-electron chi connectivity index (χ2n) is 5.76. The molecule has 4 nitrogen and oxygen atoms in total. The Hall–Kier alpha value is -1.39. The summed E-state index contributed by atoms with van der Waals surface area (Å²) in [5.41, 5.74) is -0.608. The Balaban J connectivity index is 2.06. The Labute approximate surface area is 153 Å². The van der Waals surface area contributed by atoms with Crippen molar-refractivity contribution < 1.29 is 13.5 Å². The van der Waals surface area contributed by atoms with Gasteiger partial charge in [0.05, 0.1) is 22.8 Å². The van der Waals surface area contributed by atoms with Crippen molar-refractivity contribution in [2.24, 2.45) is 5.41 Å². The van der Waals surface area contributed by atoms with Crippen LogP contribution in [0.15, 0.2) is 57.9 Å². The Morgan fingerprint density at radius 1 is 1.17 bits per heavy atom. The van der Waals surface area contributed by atoms with Crippen LogP contribution in [0.5, 0.6) is 0 Å². The predicted molar refractivity (Wildman–Crippen MR) is 94.4 cm³/mol. The van der Waals surface area contributed by atoms with E-state index in [0.717, 1.165) is 10.0 Å². The standard InChI is InChI=1S/C17H13BrClNO3S/c18-12-3-1-11(2-4-12)15-16(17(15,9-20)10-21)24(22,23)14-7-5-13(19)6-8-14/h1-8,15-16,21H,10H2. The van der Waals surface area contributed by atoms with Crippen LogP contribution in [0.25, 0.3) is 0 Å². The van der Waals surface area contributed by atoms with Crippen LogP contribution >= 0.6 is 27.5 Å². The summed E-state index contributed by atoms with van der Waals surface area (Å²) in [5.74, 6) is -0.568. The topological polar surface area (TPSA) is 78.2 Å². The number of nitrogens with zero attached hydrogens (tertiary/aromatic N) is 1. The lowest BCUT2D eigenvalue weighted by Gasteiger charge is -2.06. The lowest BCUT2D eigenvalue weighted by Crippen LogP contribution is -2.18. The zero-order chi connectivity index (χ0) is 17.5. The summed E-state index contributed by atoms with van der Waals surface area (Å²) in [4.78, 5) is 0.101. The molecule has 1 N–H and O–H groups in total. The molecule has 3 rings (SSSR count). The van der Waals surface area contributed by atoms with E-state index in [9.17, 15) is 18.8 Å². The second-order valence-corrected chi connectivity index (χ2v) is 9.18. The quantitative estimate of drug-likeness (QED) is 0.811. The van der Waals surface area contributed by atoms with Crippen LogP contribution in [0.2, 0.25) is 5.02 Å². The maximum absolute atomic E-state index is 13.0. The first kappa shape index (κ1) is 17.4. The van der Waals surface area contributed by atoms with Gasteiger partial charge in [-0.3, -0.25) is 0 Å². The third-order valence-electron chi connectivity index (χ3n) is 4.43. The minimum Gasteiger partial charge on any atom is -0.395 e. The molecule has 0 bridgehead atoms.